The van der Waals surface area contributed by atoms with Crippen LogP contribution in [0.15, 0.2) is 42.5 Å². The van der Waals surface area contributed by atoms with E-state index in [0.29, 0.717) is 60.0 Å². The van der Waals surface area contributed by atoms with Crippen LogP contribution in [-0.2, 0) is 4.79 Å². The molecular weight excluding hydrogens is 420 g/mol. The number of methoxy groups -OCH3 is 1. The van der Waals surface area contributed by atoms with E-state index in [1.165, 1.54) is 0 Å². The summed E-state index contributed by atoms with van der Waals surface area (Å²) < 4.78 is 11.5. The number of hydrogen-bond acceptors (Lipinski definition) is 5. The van der Waals surface area contributed by atoms with Gasteiger partial charge in [0.2, 0.25) is 5.91 Å². The SMILES string of the molecule is COc1ccc2c(c1)OC1(CCN(C(=O)CNC(=O)c3ccc(Cl)cc3)CC1)CC2=O. The molecule has 0 aromatic heterocycles. The summed E-state index contributed by atoms with van der Waals surface area (Å²) in [7, 11) is 1.57. The maximum absolute atomic E-state index is 12.7. The van der Waals surface area contributed by atoms with Crippen LogP contribution in [0.4, 0.5) is 0 Å². The predicted octanol–water partition coefficient (Wildman–Crippen LogP) is 3.11. The number of fused-ring (bicyclic) bond motifs is 1. The molecule has 2 amide bonds. The maximum atomic E-state index is 12.7. The summed E-state index contributed by atoms with van der Waals surface area (Å²) >= 11 is 5.83. The Balaban J connectivity index is 1.33. The average molecular weight is 443 g/mol. The van der Waals surface area contributed by atoms with Crippen LogP contribution in [0.25, 0.3) is 0 Å². The number of halogens is 1. The van der Waals surface area contributed by atoms with E-state index in [0.717, 1.165) is 0 Å². The first kappa shape index (κ1) is 21.2. The Kier molecular flexibility index (Phi) is 5.87. The summed E-state index contributed by atoms with van der Waals surface area (Å²) in [5.74, 6) is 0.712. The van der Waals surface area contributed by atoms with Gasteiger partial charge in [0.1, 0.15) is 17.1 Å². The van der Waals surface area contributed by atoms with Crippen LogP contribution in [0.5, 0.6) is 11.5 Å². The Morgan fingerprint density at radius 2 is 1.87 bits per heavy atom. The van der Waals surface area contributed by atoms with Crippen LogP contribution in [0.2, 0.25) is 5.02 Å². The molecular formula is C23H23ClN2O5. The smallest absolute Gasteiger partial charge is 0.251 e. The van der Waals surface area contributed by atoms with Gasteiger partial charge in [-0.05, 0) is 36.4 Å². The normalized spacial score (nSPS) is 17.0. The van der Waals surface area contributed by atoms with Crippen LogP contribution < -0.4 is 14.8 Å². The van der Waals surface area contributed by atoms with Gasteiger partial charge in [-0.15, -0.1) is 0 Å². The third kappa shape index (κ3) is 4.51. The molecule has 0 radical (unpaired) electrons. The molecule has 0 aliphatic carbocycles. The summed E-state index contributed by atoms with van der Waals surface area (Å²) in [5.41, 5.74) is 0.396. The number of amides is 2. The number of nitrogens with one attached hydrogen (secondary N) is 1. The second-order valence-corrected chi connectivity index (χ2v) is 8.25. The fraction of sp³-hybridized carbons (Fsp3) is 0.348. The molecule has 0 unspecified atom stereocenters. The van der Waals surface area contributed by atoms with Crippen molar-refractivity contribution in [2.24, 2.45) is 0 Å². The largest absolute Gasteiger partial charge is 0.497 e. The molecule has 4 rings (SSSR count). The van der Waals surface area contributed by atoms with Gasteiger partial charge in [-0.2, -0.15) is 0 Å². The number of nitrogens with zero attached hydrogens (tertiary/aromatic N) is 1. The van der Waals surface area contributed by atoms with Gasteiger partial charge < -0.3 is 19.7 Å². The zero-order chi connectivity index (χ0) is 22.0. The van der Waals surface area contributed by atoms with Crippen LogP contribution in [0.1, 0.15) is 40.0 Å². The average Bonchev–Trinajstić information content (AvgIpc) is 2.77. The minimum atomic E-state index is -0.611. The Labute approximate surface area is 185 Å². The summed E-state index contributed by atoms with van der Waals surface area (Å²) in [6.45, 7) is 0.832. The van der Waals surface area contributed by atoms with Crippen LogP contribution in [-0.4, -0.2) is 54.8 Å². The first-order chi connectivity index (χ1) is 14.9. The Bertz CT molecular complexity index is 1010. The molecule has 31 heavy (non-hydrogen) atoms. The number of ketones is 1. The molecule has 1 N–H and O–H groups in total. The quantitative estimate of drug-likeness (QED) is 0.786. The van der Waals surface area contributed by atoms with Gasteiger partial charge in [0.05, 0.1) is 25.6 Å². The second-order valence-electron chi connectivity index (χ2n) is 7.82. The lowest BCUT2D eigenvalue weighted by Crippen LogP contribution is -2.53. The van der Waals surface area contributed by atoms with E-state index in [1.54, 1.807) is 54.5 Å². The van der Waals surface area contributed by atoms with E-state index >= 15 is 0 Å². The van der Waals surface area contributed by atoms with Crippen LogP contribution in [0, 0.1) is 0 Å². The van der Waals surface area contributed by atoms with Crippen molar-refractivity contribution in [3.8, 4) is 11.5 Å². The Morgan fingerprint density at radius 3 is 2.55 bits per heavy atom. The highest BCUT2D eigenvalue weighted by Crippen LogP contribution is 2.40. The molecule has 2 heterocycles. The van der Waals surface area contributed by atoms with Gasteiger partial charge in [0.15, 0.2) is 5.78 Å². The van der Waals surface area contributed by atoms with Crippen LogP contribution >= 0.6 is 11.6 Å². The number of ether oxygens (including phenoxy) is 2. The number of rotatable bonds is 4. The number of benzene rings is 2. The summed E-state index contributed by atoms with van der Waals surface area (Å²) in [6.07, 6.45) is 1.39. The molecule has 7 nitrogen and oxygen atoms in total. The molecule has 0 atom stereocenters. The van der Waals surface area contributed by atoms with E-state index < -0.39 is 5.60 Å². The van der Waals surface area contributed by atoms with Crippen molar-refractivity contribution in [2.45, 2.75) is 24.9 Å². The van der Waals surface area contributed by atoms with E-state index in [2.05, 4.69) is 5.32 Å². The molecule has 1 fully saturated rings. The highest BCUT2D eigenvalue weighted by atomic mass is 35.5. The number of hydrogen-bond donors (Lipinski definition) is 1. The zero-order valence-corrected chi connectivity index (χ0v) is 17.9. The molecule has 1 spiro atoms. The summed E-state index contributed by atoms with van der Waals surface area (Å²) in [4.78, 5) is 39.1. The third-order valence-corrected chi connectivity index (χ3v) is 6.08. The highest BCUT2D eigenvalue weighted by molar-refractivity contribution is 6.30. The van der Waals surface area contributed by atoms with Gasteiger partial charge in [-0.3, -0.25) is 14.4 Å². The van der Waals surface area contributed by atoms with E-state index in [1.807, 2.05) is 0 Å². The molecule has 2 aliphatic rings. The van der Waals surface area contributed by atoms with E-state index in [9.17, 15) is 14.4 Å². The van der Waals surface area contributed by atoms with E-state index in [4.69, 9.17) is 21.1 Å². The molecule has 162 valence electrons. The van der Waals surface area contributed by atoms with Crippen molar-refractivity contribution in [1.82, 2.24) is 10.2 Å². The van der Waals surface area contributed by atoms with Gasteiger partial charge in [-0.25, -0.2) is 0 Å². The first-order valence-electron chi connectivity index (χ1n) is 10.1. The monoisotopic (exact) mass is 442 g/mol. The maximum Gasteiger partial charge on any atom is 0.251 e. The highest BCUT2D eigenvalue weighted by Gasteiger charge is 2.43. The molecule has 2 aromatic carbocycles. The minimum Gasteiger partial charge on any atom is -0.497 e. The lowest BCUT2D eigenvalue weighted by molar-refractivity contribution is -0.133. The zero-order valence-electron chi connectivity index (χ0n) is 17.2. The molecule has 0 bridgehead atoms. The van der Waals surface area contributed by atoms with Gasteiger partial charge in [0, 0.05) is 42.6 Å². The molecule has 1 saturated heterocycles. The van der Waals surface area contributed by atoms with E-state index in [-0.39, 0.29) is 24.1 Å². The lowest BCUT2D eigenvalue weighted by Gasteiger charge is -2.44. The van der Waals surface area contributed by atoms with Crippen molar-refractivity contribution in [1.29, 1.82) is 0 Å². The Morgan fingerprint density at radius 1 is 1.16 bits per heavy atom. The van der Waals surface area contributed by atoms with Crippen molar-refractivity contribution >= 4 is 29.2 Å². The predicted molar refractivity (Wildman–Crippen MR) is 115 cm³/mol. The Hall–Kier alpha value is -3.06. The number of carbonyl (C=O) groups is 3. The van der Waals surface area contributed by atoms with Gasteiger partial charge >= 0.3 is 0 Å². The second kappa shape index (κ2) is 8.59. The minimum absolute atomic E-state index is 0.0407. The number of piperidine rings is 1. The summed E-state index contributed by atoms with van der Waals surface area (Å²) in [6, 6.07) is 11.7. The standard InChI is InChI=1S/C23H23ClN2O5/c1-30-17-6-7-18-19(27)13-23(31-20(18)12-17)8-10-26(11-9-23)21(28)14-25-22(29)15-2-4-16(24)5-3-15/h2-7,12H,8-11,13-14H2,1H3,(H,25,29). The lowest BCUT2D eigenvalue weighted by atomic mass is 9.82. The van der Waals surface area contributed by atoms with Crippen molar-refractivity contribution in [3.05, 3.63) is 58.6 Å². The molecule has 8 heteroatoms. The summed E-state index contributed by atoms with van der Waals surface area (Å²) in [5, 5.41) is 3.19. The van der Waals surface area contributed by atoms with Crippen molar-refractivity contribution in [2.75, 3.05) is 26.7 Å². The number of Topliss-reactive ketones (excluding diaryl/α,β-unsaturated/α-hetero) is 1. The fourth-order valence-electron chi connectivity index (χ4n) is 4.02. The van der Waals surface area contributed by atoms with Crippen molar-refractivity contribution in [3.63, 3.8) is 0 Å². The fourth-order valence-corrected chi connectivity index (χ4v) is 4.14. The van der Waals surface area contributed by atoms with Crippen LogP contribution in [0.3, 0.4) is 0 Å². The van der Waals surface area contributed by atoms with Gasteiger partial charge in [-0.1, -0.05) is 11.6 Å². The first-order valence-corrected chi connectivity index (χ1v) is 10.5. The number of carbonyl (C=O) groups excluding carboxylic acids is 3. The number of likely N-dealkylation sites (tertiary alicyclic amines) is 1. The molecule has 2 aromatic rings. The topological polar surface area (TPSA) is 84.9 Å². The molecule has 2 aliphatic heterocycles. The van der Waals surface area contributed by atoms with Gasteiger partial charge in [0.25, 0.3) is 5.91 Å². The third-order valence-electron chi connectivity index (χ3n) is 5.83. The molecule has 0 saturated carbocycles. The van der Waals surface area contributed by atoms with Crippen molar-refractivity contribution < 1.29 is 23.9 Å².